The lowest BCUT2D eigenvalue weighted by molar-refractivity contribution is -0.198. The number of aryl methyl sites for hydroxylation is 1. The summed E-state index contributed by atoms with van der Waals surface area (Å²) >= 11 is 0. The first-order valence-corrected chi connectivity index (χ1v) is 12.6. The van der Waals surface area contributed by atoms with E-state index >= 15 is 0 Å². The van der Waals surface area contributed by atoms with Crippen LogP contribution in [0.25, 0.3) is 6.08 Å². The number of carbonyl (C=O) groups is 2. The van der Waals surface area contributed by atoms with E-state index in [2.05, 4.69) is 35.6 Å². The fraction of sp³-hybridized carbons (Fsp3) is 0.429. The number of nitrogens with zero attached hydrogens (tertiary/aromatic N) is 1. The van der Waals surface area contributed by atoms with Crippen LogP contribution in [-0.2, 0) is 20.8 Å². The highest BCUT2D eigenvalue weighted by Crippen LogP contribution is 2.32. The lowest BCUT2D eigenvalue weighted by atomic mass is 10.0. The zero-order chi connectivity index (χ0) is 24.6. The van der Waals surface area contributed by atoms with Crippen molar-refractivity contribution >= 4 is 23.6 Å². The SMILES string of the molecule is CCN(CC)c1ccc(C(=O)NC2CCc3cc(C=CC(=O)NOC4CCCCO4)ccc32)cc1. The van der Waals surface area contributed by atoms with E-state index in [0.717, 1.165) is 62.0 Å². The van der Waals surface area contributed by atoms with E-state index in [9.17, 15) is 9.59 Å². The molecule has 1 fully saturated rings. The number of hydrogen-bond donors (Lipinski definition) is 2. The van der Waals surface area contributed by atoms with E-state index in [-0.39, 0.29) is 24.1 Å². The molecule has 2 unspecified atom stereocenters. The monoisotopic (exact) mass is 477 g/mol. The number of nitrogens with one attached hydrogen (secondary N) is 2. The molecular weight excluding hydrogens is 442 g/mol. The second kappa shape index (κ2) is 12.0. The van der Waals surface area contributed by atoms with Crippen molar-refractivity contribution in [2.24, 2.45) is 0 Å². The topological polar surface area (TPSA) is 79.9 Å². The first-order chi connectivity index (χ1) is 17.1. The number of benzene rings is 2. The van der Waals surface area contributed by atoms with E-state index < -0.39 is 0 Å². The molecule has 2 aromatic rings. The fourth-order valence-corrected chi connectivity index (χ4v) is 4.68. The molecule has 35 heavy (non-hydrogen) atoms. The summed E-state index contributed by atoms with van der Waals surface area (Å²) < 4.78 is 5.44. The standard InChI is InChI=1S/C28H35N3O4/c1-3-31(4-2)23-13-10-21(11-14-23)28(33)29-25-16-12-22-19-20(8-15-24(22)25)9-17-26(32)30-35-27-7-5-6-18-34-27/h8-11,13-15,17,19,25,27H,3-7,12,16,18H2,1-2H3,(H,29,33)(H,30,32). The zero-order valence-corrected chi connectivity index (χ0v) is 20.6. The molecule has 1 heterocycles. The van der Waals surface area contributed by atoms with Crippen LogP contribution in [0.2, 0.25) is 0 Å². The van der Waals surface area contributed by atoms with Crippen molar-refractivity contribution in [1.82, 2.24) is 10.8 Å². The minimum atomic E-state index is -0.367. The van der Waals surface area contributed by atoms with Crippen LogP contribution >= 0.6 is 0 Å². The van der Waals surface area contributed by atoms with Gasteiger partial charge < -0.3 is 15.0 Å². The van der Waals surface area contributed by atoms with E-state index in [1.807, 2.05) is 36.4 Å². The maximum atomic E-state index is 12.8. The Kier molecular flexibility index (Phi) is 8.55. The predicted molar refractivity (Wildman–Crippen MR) is 137 cm³/mol. The molecule has 1 aliphatic carbocycles. The van der Waals surface area contributed by atoms with Gasteiger partial charge >= 0.3 is 0 Å². The first kappa shape index (κ1) is 24.9. The predicted octanol–water partition coefficient (Wildman–Crippen LogP) is 4.54. The number of ether oxygens (including phenoxy) is 1. The average molecular weight is 478 g/mol. The minimum absolute atomic E-state index is 0.00909. The van der Waals surface area contributed by atoms with Gasteiger partial charge in [-0.25, -0.2) is 10.3 Å². The number of amides is 2. The van der Waals surface area contributed by atoms with Crippen molar-refractivity contribution < 1.29 is 19.2 Å². The van der Waals surface area contributed by atoms with E-state index in [1.165, 1.54) is 11.6 Å². The highest BCUT2D eigenvalue weighted by molar-refractivity contribution is 5.95. The Hall–Kier alpha value is -3.16. The van der Waals surface area contributed by atoms with Crippen LogP contribution in [0.3, 0.4) is 0 Å². The van der Waals surface area contributed by atoms with Crippen LogP contribution in [-0.4, -0.2) is 37.8 Å². The molecule has 0 spiro atoms. The molecule has 0 saturated carbocycles. The highest BCUT2D eigenvalue weighted by atomic mass is 16.8. The summed E-state index contributed by atoms with van der Waals surface area (Å²) in [6, 6.07) is 13.9. The molecule has 0 bridgehead atoms. The number of fused-ring (bicyclic) bond motifs is 1. The summed E-state index contributed by atoms with van der Waals surface area (Å²) in [7, 11) is 0. The van der Waals surface area contributed by atoms with Crippen molar-refractivity contribution in [2.45, 2.75) is 58.3 Å². The quantitative estimate of drug-likeness (QED) is 0.410. The van der Waals surface area contributed by atoms with Crippen molar-refractivity contribution in [2.75, 3.05) is 24.6 Å². The van der Waals surface area contributed by atoms with Crippen LogP contribution in [0.4, 0.5) is 5.69 Å². The number of hydrogen-bond acceptors (Lipinski definition) is 5. The Bertz CT molecular complexity index is 1040. The second-order valence-electron chi connectivity index (χ2n) is 8.96. The molecule has 0 aromatic heterocycles. The van der Waals surface area contributed by atoms with Crippen LogP contribution in [0.5, 0.6) is 0 Å². The van der Waals surface area contributed by atoms with Gasteiger partial charge in [0.05, 0.1) is 6.04 Å². The van der Waals surface area contributed by atoms with Crippen LogP contribution in [0.15, 0.2) is 48.5 Å². The molecular formula is C28H35N3O4. The Balaban J connectivity index is 1.31. The van der Waals surface area contributed by atoms with Gasteiger partial charge in [-0.15, -0.1) is 0 Å². The maximum absolute atomic E-state index is 12.8. The fourth-order valence-electron chi connectivity index (χ4n) is 4.68. The minimum Gasteiger partial charge on any atom is -0.372 e. The number of hydroxylamine groups is 1. The van der Waals surface area contributed by atoms with Gasteiger partial charge in [0.15, 0.2) is 6.29 Å². The molecule has 4 rings (SSSR count). The molecule has 2 N–H and O–H groups in total. The highest BCUT2D eigenvalue weighted by Gasteiger charge is 2.24. The van der Waals surface area contributed by atoms with Gasteiger partial charge in [-0.2, -0.15) is 0 Å². The van der Waals surface area contributed by atoms with Gasteiger partial charge in [-0.3, -0.25) is 9.59 Å². The van der Waals surface area contributed by atoms with Gasteiger partial charge in [0.1, 0.15) is 0 Å². The summed E-state index contributed by atoms with van der Waals surface area (Å²) in [5.41, 5.74) is 7.50. The van der Waals surface area contributed by atoms with Crippen molar-refractivity contribution in [1.29, 1.82) is 0 Å². The Morgan fingerprint density at radius 1 is 1.09 bits per heavy atom. The zero-order valence-electron chi connectivity index (χ0n) is 20.6. The maximum Gasteiger partial charge on any atom is 0.267 e. The Morgan fingerprint density at radius 3 is 2.60 bits per heavy atom. The summed E-state index contributed by atoms with van der Waals surface area (Å²) in [6.07, 6.45) is 7.46. The number of rotatable bonds is 9. The number of anilines is 1. The van der Waals surface area contributed by atoms with Gasteiger partial charge in [0.2, 0.25) is 0 Å². The summed E-state index contributed by atoms with van der Waals surface area (Å²) in [6.45, 7) is 6.78. The molecule has 7 nitrogen and oxygen atoms in total. The summed E-state index contributed by atoms with van der Waals surface area (Å²) in [4.78, 5) is 32.5. The molecule has 186 valence electrons. The molecule has 1 aliphatic heterocycles. The van der Waals surface area contributed by atoms with Gasteiger partial charge in [0, 0.05) is 43.4 Å². The van der Waals surface area contributed by atoms with Crippen LogP contribution in [0, 0.1) is 0 Å². The third kappa shape index (κ3) is 6.50. The molecule has 2 aliphatic rings. The van der Waals surface area contributed by atoms with Gasteiger partial charge in [-0.1, -0.05) is 18.2 Å². The summed E-state index contributed by atoms with van der Waals surface area (Å²) in [5.74, 6) is -0.381. The van der Waals surface area contributed by atoms with Crippen molar-refractivity contribution in [3.05, 3.63) is 70.8 Å². The van der Waals surface area contributed by atoms with Crippen LogP contribution in [0.1, 0.15) is 72.6 Å². The third-order valence-electron chi connectivity index (χ3n) is 6.66. The molecule has 2 atom stereocenters. The van der Waals surface area contributed by atoms with E-state index in [0.29, 0.717) is 12.2 Å². The first-order valence-electron chi connectivity index (χ1n) is 12.6. The Morgan fingerprint density at radius 2 is 1.89 bits per heavy atom. The average Bonchev–Trinajstić information content (AvgIpc) is 3.29. The molecule has 1 saturated heterocycles. The largest absolute Gasteiger partial charge is 0.372 e. The lowest BCUT2D eigenvalue weighted by Gasteiger charge is -2.21. The normalized spacial score (nSPS) is 19.4. The molecule has 7 heteroatoms. The van der Waals surface area contributed by atoms with Gasteiger partial charge in [0.25, 0.3) is 11.8 Å². The Labute approximate surface area is 207 Å². The molecule has 2 amide bonds. The van der Waals surface area contributed by atoms with E-state index in [4.69, 9.17) is 9.57 Å². The molecule has 2 aromatic carbocycles. The third-order valence-corrected chi connectivity index (χ3v) is 6.66. The summed E-state index contributed by atoms with van der Waals surface area (Å²) in [5, 5.41) is 3.18. The van der Waals surface area contributed by atoms with Gasteiger partial charge in [-0.05, 0) is 86.6 Å². The van der Waals surface area contributed by atoms with Crippen molar-refractivity contribution in [3.63, 3.8) is 0 Å². The lowest BCUT2D eigenvalue weighted by Crippen LogP contribution is -2.32. The van der Waals surface area contributed by atoms with Crippen LogP contribution < -0.4 is 15.7 Å². The van der Waals surface area contributed by atoms with E-state index in [1.54, 1.807) is 6.08 Å². The van der Waals surface area contributed by atoms with Crippen molar-refractivity contribution in [3.8, 4) is 0 Å². The smallest absolute Gasteiger partial charge is 0.267 e. The molecule has 0 radical (unpaired) electrons. The second-order valence-corrected chi connectivity index (χ2v) is 8.96. The number of carbonyl (C=O) groups excluding carboxylic acids is 2.